The molecular weight excluding hydrogens is 92.2 g/mol. The molecule has 0 aliphatic heterocycles. The molecule has 0 unspecified atom stereocenters. The zero-order valence-electron chi connectivity index (χ0n) is 3.99. The quantitative estimate of drug-likeness (QED) is 0.431. The van der Waals surface area contributed by atoms with E-state index in [4.69, 9.17) is 0 Å². The highest BCUT2D eigenvalue weighted by Gasteiger charge is 1.71. The molecule has 0 heterocycles. The lowest BCUT2D eigenvalue weighted by Crippen LogP contribution is -1.92. The predicted octanol–water partition coefficient (Wildman–Crippen LogP) is -0.00700. The Hall–Kier alpha value is 0.434. The molecular formula is C3H11Si2. The van der Waals surface area contributed by atoms with Gasteiger partial charge in [-0.2, -0.15) is 0 Å². The van der Waals surface area contributed by atoms with Crippen molar-refractivity contribution in [1.29, 1.82) is 0 Å². The Labute approximate surface area is 38.4 Å². The van der Waals surface area contributed by atoms with Crippen LogP contribution in [0.25, 0.3) is 0 Å². The van der Waals surface area contributed by atoms with E-state index in [2.05, 4.69) is 13.5 Å². The van der Waals surface area contributed by atoms with Gasteiger partial charge in [-0.25, -0.2) is 0 Å². The van der Waals surface area contributed by atoms with Crippen LogP contribution in [-0.4, -0.2) is 18.1 Å². The summed E-state index contributed by atoms with van der Waals surface area (Å²) in [7, 11) is 1.45. The maximum absolute atomic E-state index is 2.39. The minimum absolute atomic E-state index is 0.497. The van der Waals surface area contributed by atoms with Crippen molar-refractivity contribution in [2.24, 2.45) is 0 Å². The number of hydrogen-bond acceptors (Lipinski definition) is 0. The summed E-state index contributed by atoms with van der Waals surface area (Å²) in [6.45, 7) is 4.67. The molecule has 0 aliphatic carbocycles. The van der Waals surface area contributed by atoms with Crippen molar-refractivity contribution in [3.05, 3.63) is 0 Å². The van der Waals surface area contributed by atoms with Gasteiger partial charge in [0, 0.05) is 18.1 Å². The van der Waals surface area contributed by atoms with Gasteiger partial charge >= 0.3 is 0 Å². The zero-order chi connectivity index (χ0) is 4.12. The summed E-state index contributed by atoms with van der Waals surface area (Å²) in [4.78, 5) is 0. The van der Waals surface area contributed by atoms with Crippen LogP contribution in [0.3, 0.4) is 0 Å². The first kappa shape index (κ1) is 5.43. The van der Waals surface area contributed by atoms with Gasteiger partial charge in [0.2, 0.25) is 0 Å². The Bertz CT molecular complexity index is 12.4. The van der Waals surface area contributed by atoms with Crippen LogP contribution >= 0.6 is 0 Å². The molecule has 1 radical (unpaired) electrons. The summed E-state index contributed by atoms with van der Waals surface area (Å²) in [6, 6.07) is 1.49. The lowest BCUT2D eigenvalue weighted by molar-refractivity contribution is 1.47. The van der Waals surface area contributed by atoms with Crippen LogP contribution in [0.2, 0.25) is 12.6 Å². The molecule has 0 rings (SSSR count). The summed E-state index contributed by atoms with van der Waals surface area (Å²) in [5.41, 5.74) is 0. The third-order valence-electron chi connectivity index (χ3n) is 0.577. The second kappa shape index (κ2) is 4.43. The topological polar surface area (TPSA) is 0 Å². The van der Waals surface area contributed by atoms with E-state index in [1.807, 2.05) is 0 Å². The van der Waals surface area contributed by atoms with Gasteiger partial charge in [-0.05, 0) is 0 Å². The first-order chi connectivity index (χ1) is 2.41. The molecule has 0 N–H and O–H groups in total. The molecule has 0 aromatic heterocycles. The zero-order valence-corrected chi connectivity index (χ0v) is 6.56. The lowest BCUT2D eigenvalue weighted by atomic mass is 11.0. The van der Waals surface area contributed by atoms with Gasteiger partial charge in [0.25, 0.3) is 0 Å². The van der Waals surface area contributed by atoms with Gasteiger partial charge in [0.05, 0.1) is 0 Å². The normalized spacial score (nSPS) is 10.8. The van der Waals surface area contributed by atoms with E-state index in [9.17, 15) is 0 Å². The van der Waals surface area contributed by atoms with Crippen LogP contribution in [0.4, 0.5) is 0 Å². The fourth-order valence-electron chi connectivity index (χ4n) is 0.289. The molecule has 5 heavy (non-hydrogen) atoms. The van der Waals surface area contributed by atoms with Gasteiger partial charge in [0.1, 0.15) is 0 Å². The van der Waals surface area contributed by atoms with Crippen LogP contribution < -0.4 is 0 Å². The predicted molar refractivity (Wildman–Crippen MR) is 32.0 cm³/mol. The van der Waals surface area contributed by atoms with Crippen LogP contribution in [0.15, 0.2) is 0 Å². The average Bonchev–Trinajstić information content (AvgIpc) is 1.41. The molecule has 0 saturated heterocycles. The third kappa shape index (κ3) is 4.43. The molecule has 0 bridgehead atoms. The largest absolute Gasteiger partial charge is 0.0771 e. The van der Waals surface area contributed by atoms with Crippen molar-refractivity contribution in [1.82, 2.24) is 0 Å². The number of hydrogen-bond donors (Lipinski definition) is 0. The summed E-state index contributed by atoms with van der Waals surface area (Å²) >= 11 is 0. The Balaban J connectivity index is 2.19. The van der Waals surface area contributed by atoms with E-state index in [-0.39, 0.29) is 0 Å². The lowest BCUT2D eigenvalue weighted by Gasteiger charge is -1.76. The van der Waals surface area contributed by atoms with E-state index in [0.717, 1.165) is 9.04 Å². The average molecular weight is 103 g/mol. The van der Waals surface area contributed by atoms with Crippen LogP contribution in [0.5, 0.6) is 0 Å². The molecule has 0 nitrogen and oxygen atoms in total. The maximum Gasteiger partial charge on any atom is 0.0130 e. The highest BCUT2D eigenvalue weighted by Crippen LogP contribution is 1.66. The van der Waals surface area contributed by atoms with E-state index in [1.165, 1.54) is 6.04 Å². The van der Waals surface area contributed by atoms with Gasteiger partial charge in [-0.3, -0.25) is 0 Å². The monoisotopic (exact) mass is 103 g/mol. The van der Waals surface area contributed by atoms with E-state index in [0.29, 0.717) is 9.04 Å². The maximum atomic E-state index is 2.39. The molecule has 0 aliphatic rings. The minimum atomic E-state index is 0.497. The van der Waals surface area contributed by atoms with E-state index >= 15 is 0 Å². The van der Waals surface area contributed by atoms with Crippen molar-refractivity contribution in [3.63, 3.8) is 0 Å². The van der Waals surface area contributed by atoms with Crippen molar-refractivity contribution >= 4 is 18.1 Å². The van der Waals surface area contributed by atoms with E-state index in [1.54, 1.807) is 0 Å². The van der Waals surface area contributed by atoms with E-state index < -0.39 is 0 Å². The second-order valence-corrected chi connectivity index (χ2v) is 7.50. The smallest absolute Gasteiger partial charge is 0.0130 e. The van der Waals surface area contributed by atoms with Crippen molar-refractivity contribution < 1.29 is 0 Å². The Morgan fingerprint density at radius 2 is 2.40 bits per heavy atom. The van der Waals surface area contributed by atoms with Crippen LogP contribution in [0.1, 0.15) is 6.92 Å². The van der Waals surface area contributed by atoms with Crippen molar-refractivity contribution in [2.75, 3.05) is 0 Å². The van der Waals surface area contributed by atoms with Gasteiger partial charge in [0.15, 0.2) is 0 Å². The van der Waals surface area contributed by atoms with Crippen LogP contribution in [0, 0.1) is 0 Å². The van der Waals surface area contributed by atoms with Crippen LogP contribution in [-0.2, 0) is 0 Å². The van der Waals surface area contributed by atoms with Crippen molar-refractivity contribution in [3.8, 4) is 0 Å². The standard InChI is InChI=1S/C3H11Si2/c1-3-5-4-2/h5H,3-4H2,1-2H3. The fraction of sp³-hybridized carbons (Fsp3) is 1.00. The molecule has 0 saturated carbocycles. The SMILES string of the molecule is CC[SiH][SiH2]C. The Morgan fingerprint density at radius 3 is 2.40 bits per heavy atom. The fourth-order valence-corrected chi connectivity index (χ4v) is 2.60. The molecule has 0 spiro atoms. The highest BCUT2D eigenvalue weighted by atomic mass is 29.1. The second-order valence-electron chi connectivity index (χ2n) is 1.11. The molecule has 0 aromatic carbocycles. The summed E-state index contributed by atoms with van der Waals surface area (Å²) < 4.78 is 0. The van der Waals surface area contributed by atoms with Crippen molar-refractivity contribution in [2.45, 2.75) is 19.5 Å². The first-order valence-electron chi connectivity index (χ1n) is 2.23. The molecule has 0 fully saturated rings. The minimum Gasteiger partial charge on any atom is -0.0771 e. The highest BCUT2D eigenvalue weighted by molar-refractivity contribution is 6.99. The third-order valence-corrected chi connectivity index (χ3v) is 5.20. The molecule has 31 valence electrons. The van der Waals surface area contributed by atoms with Gasteiger partial charge < -0.3 is 0 Å². The Morgan fingerprint density at radius 1 is 1.80 bits per heavy atom. The molecule has 2 heteroatoms. The van der Waals surface area contributed by atoms with Gasteiger partial charge in [-0.1, -0.05) is 19.5 Å². The number of rotatable bonds is 2. The summed E-state index contributed by atoms with van der Waals surface area (Å²) in [5.74, 6) is 0. The summed E-state index contributed by atoms with van der Waals surface area (Å²) in [6.07, 6.45) is 0. The molecule has 0 amide bonds. The molecule has 0 atom stereocenters. The first-order valence-corrected chi connectivity index (χ1v) is 7.73. The van der Waals surface area contributed by atoms with Gasteiger partial charge in [-0.15, -0.1) is 0 Å². The molecule has 0 aromatic rings. The Kier molecular flexibility index (Phi) is 4.82. The summed E-state index contributed by atoms with van der Waals surface area (Å²) in [5, 5.41) is 0.